The van der Waals surface area contributed by atoms with Gasteiger partial charge in [-0.2, -0.15) is 0 Å². The van der Waals surface area contributed by atoms with E-state index in [1.165, 1.54) is 35.6 Å². The molecule has 0 saturated heterocycles. The van der Waals surface area contributed by atoms with E-state index >= 15 is 0 Å². The summed E-state index contributed by atoms with van der Waals surface area (Å²) in [5, 5.41) is 3.69. The molecular formula is C26H23ClFN3O4S. The van der Waals surface area contributed by atoms with E-state index in [4.69, 9.17) is 26.1 Å². The van der Waals surface area contributed by atoms with Crippen molar-refractivity contribution in [1.29, 1.82) is 0 Å². The molecule has 0 radical (unpaired) electrons. The van der Waals surface area contributed by atoms with Crippen molar-refractivity contribution >= 4 is 40.2 Å². The minimum Gasteiger partial charge on any atom is -0.497 e. The van der Waals surface area contributed by atoms with Crippen molar-refractivity contribution in [3.63, 3.8) is 0 Å². The molecule has 36 heavy (non-hydrogen) atoms. The first-order valence-electron chi connectivity index (χ1n) is 11.0. The number of carbonyl (C=O) groups excluding carboxylic acids is 1. The van der Waals surface area contributed by atoms with Gasteiger partial charge < -0.3 is 14.8 Å². The Labute approximate surface area is 216 Å². The monoisotopic (exact) mass is 527 g/mol. The number of hydrogen-bond acceptors (Lipinski definition) is 6. The van der Waals surface area contributed by atoms with E-state index in [1.54, 1.807) is 55.6 Å². The van der Waals surface area contributed by atoms with Crippen molar-refractivity contribution < 1.29 is 18.7 Å². The maximum atomic E-state index is 14.4. The molecule has 0 saturated carbocycles. The Morgan fingerprint density at radius 2 is 1.94 bits per heavy atom. The zero-order valence-electron chi connectivity index (χ0n) is 19.6. The Morgan fingerprint density at radius 3 is 2.69 bits per heavy atom. The molecule has 4 rings (SSSR count). The van der Waals surface area contributed by atoms with Gasteiger partial charge in [0.2, 0.25) is 0 Å². The number of benzene rings is 3. The van der Waals surface area contributed by atoms with Gasteiger partial charge in [-0.1, -0.05) is 35.5 Å². The number of nitrogens with one attached hydrogen (secondary N) is 1. The van der Waals surface area contributed by atoms with Crippen LogP contribution in [0.1, 0.15) is 15.9 Å². The van der Waals surface area contributed by atoms with Gasteiger partial charge in [0.15, 0.2) is 5.16 Å². The number of methoxy groups -OCH3 is 2. The second-order valence-electron chi connectivity index (χ2n) is 7.71. The van der Waals surface area contributed by atoms with E-state index in [-0.39, 0.29) is 22.2 Å². The molecule has 0 aliphatic rings. The van der Waals surface area contributed by atoms with Crippen LogP contribution in [0.4, 0.5) is 4.39 Å². The van der Waals surface area contributed by atoms with Crippen LogP contribution < -0.4 is 15.6 Å². The second-order valence-corrected chi connectivity index (χ2v) is 9.06. The fraction of sp³-hybridized carbons (Fsp3) is 0.192. The predicted octanol–water partition coefficient (Wildman–Crippen LogP) is 4.86. The zero-order chi connectivity index (χ0) is 25.7. The number of hydrogen-bond donors (Lipinski definition) is 1. The molecule has 0 aliphatic carbocycles. The number of fused-ring (bicyclic) bond motifs is 1. The van der Waals surface area contributed by atoms with Gasteiger partial charge in [-0.25, -0.2) is 9.37 Å². The average molecular weight is 528 g/mol. The molecule has 0 spiro atoms. The smallest absolute Gasteiger partial charge is 0.266 e. The molecule has 0 bridgehead atoms. The van der Waals surface area contributed by atoms with E-state index in [0.717, 1.165) is 0 Å². The van der Waals surface area contributed by atoms with Gasteiger partial charge in [0.1, 0.15) is 11.6 Å². The Kier molecular flexibility index (Phi) is 8.25. The summed E-state index contributed by atoms with van der Waals surface area (Å²) < 4.78 is 26.2. The largest absolute Gasteiger partial charge is 0.497 e. The maximum Gasteiger partial charge on any atom is 0.266 e. The van der Waals surface area contributed by atoms with Gasteiger partial charge in [-0.15, -0.1) is 0 Å². The van der Waals surface area contributed by atoms with Crippen LogP contribution in [0.15, 0.2) is 70.6 Å². The molecule has 10 heteroatoms. The summed E-state index contributed by atoms with van der Waals surface area (Å²) in [7, 11) is 3.09. The predicted molar refractivity (Wildman–Crippen MR) is 139 cm³/mol. The van der Waals surface area contributed by atoms with Crippen molar-refractivity contribution in [1.82, 2.24) is 14.9 Å². The zero-order valence-corrected chi connectivity index (χ0v) is 21.2. The van der Waals surface area contributed by atoms with Gasteiger partial charge >= 0.3 is 0 Å². The number of amides is 1. The number of thioether (sulfide) groups is 1. The lowest BCUT2D eigenvalue weighted by molar-refractivity contribution is 0.0937. The molecule has 0 aliphatic heterocycles. The fourth-order valence-corrected chi connectivity index (χ4v) is 4.91. The molecular weight excluding hydrogens is 505 g/mol. The van der Waals surface area contributed by atoms with Crippen molar-refractivity contribution in [2.75, 3.05) is 27.4 Å². The molecule has 0 fully saturated rings. The summed E-state index contributed by atoms with van der Waals surface area (Å²) in [4.78, 5) is 30.9. The summed E-state index contributed by atoms with van der Waals surface area (Å²) in [5.41, 5.74) is 1.22. The number of rotatable bonds is 9. The molecule has 1 amide bonds. The highest BCUT2D eigenvalue weighted by Crippen LogP contribution is 2.30. The Balaban J connectivity index is 1.82. The fourth-order valence-electron chi connectivity index (χ4n) is 3.56. The van der Waals surface area contributed by atoms with Crippen molar-refractivity contribution in [2.24, 2.45) is 0 Å². The van der Waals surface area contributed by atoms with E-state index in [1.807, 2.05) is 0 Å². The van der Waals surface area contributed by atoms with Gasteiger partial charge in [0.25, 0.3) is 11.5 Å². The summed E-state index contributed by atoms with van der Waals surface area (Å²) >= 11 is 7.38. The lowest BCUT2D eigenvalue weighted by Gasteiger charge is -2.15. The number of halogens is 2. The first-order chi connectivity index (χ1) is 17.4. The molecule has 0 unspecified atom stereocenters. The SMILES string of the molecule is COCCNC(=O)c1ccc2c(=O)n(-c3cccc(OC)c3)c(SCc3c(F)cccc3Cl)nc2c1. The Morgan fingerprint density at radius 1 is 1.14 bits per heavy atom. The van der Waals surface area contributed by atoms with Crippen LogP contribution in [-0.4, -0.2) is 42.8 Å². The van der Waals surface area contributed by atoms with Crippen LogP contribution in [0.25, 0.3) is 16.6 Å². The van der Waals surface area contributed by atoms with Gasteiger partial charge in [0, 0.05) is 41.6 Å². The minimum absolute atomic E-state index is 0.143. The van der Waals surface area contributed by atoms with E-state index < -0.39 is 5.82 Å². The summed E-state index contributed by atoms with van der Waals surface area (Å²) in [5.74, 6) is -0.0400. The number of aromatic nitrogens is 2. The van der Waals surface area contributed by atoms with Crippen LogP contribution in [0.2, 0.25) is 5.02 Å². The average Bonchev–Trinajstić information content (AvgIpc) is 2.88. The maximum absolute atomic E-state index is 14.4. The van der Waals surface area contributed by atoms with Gasteiger partial charge in [-0.3, -0.25) is 14.2 Å². The van der Waals surface area contributed by atoms with Crippen LogP contribution in [0.3, 0.4) is 0 Å². The van der Waals surface area contributed by atoms with Crippen LogP contribution in [-0.2, 0) is 10.5 Å². The molecule has 1 N–H and O–H groups in total. The summed E-state index contributed by atoms with van der Waals surface area (Å²) in [6, 6.07) is 16.2. The first-order valence-corrected chi connectivity index (χ1v) is 12.3. The van der Waals surface area contributed by atoms with Crippen molar-refractivity contribution in [3.8, 4) is 11.4 Å². The highest BCUT2D eigenvalue weighted by atomic mass is 35.5. The minimum atomic E-state index is -0.443. The van der Waals surface area contributed by atoms with Crippen LogP contribution in [0, 0.1) is 5.82 Å². The van der Waals surface area contributed by atoms with Crippen molar-refractivity contribution in [3.05, 3.63) is 93.0 Å². The quantitative estimate of drug-likeness (QED) is 0.190. The van der Waals surface area contributed by atoms with E-state index in [9.17, 15) is 14.0 Å². The Hall–Kier alpha value is -3.40. The topological polar surface area (TPSA) is 82.5 Å². The van der Waals surface area contributed by atoms with Crippen LogP contribution in [0.5, 0.6) is 5.75 Å². The molecule has 7 nitrogen and oxygen atoms in total. The lowest BCUT2D eigenvalue weighted by Crippen LogP contribution is -2.27. The van der Waals surface area contributed by atoms with E-state index in [0.29, 0.717) is 51.8 Å². The molecule has 1 aromatic heterocycles. The number of nitrogens with zero attached hydrogens (tertiary/aromatic N) is 2. The van der Waals surface area contributed by atoms with Gasteiger partial charge in [-0.05, 0) is 42.5 Å². The first kappa shape index (κ1) is 25.7. The molecule has 0 atom stereocenters. The van der Waals surface area contributed by atoms with Crippen LogP contribution >= 0.6 is 23.4 Å². The van der Waals surface area contributed by atoms with Crippen molar-refractivity contribution in [2.45, 2.75) is 10.9 Å². The third kappa shape index (κ3) is 5.53. The highest BCUT2D eigenvalue weighted by Gasteiger charge is 2.17. The third-order valence-corrected chi connectivity index (χ3v) is 6.73. The lowest BCUT2D eigenvalue weighted by atomic mass is 10.1. The third-order valence-electron chi connectivity index (χ3n) is 5.41. The standard InChI is InChI=1S/C26H23ClFN3O4S/c1-34-12-11-29-24(32)16-9-10-19-23(13-16)30-26(36-15-20-21(27)7-4-8-22(20)28)31(25(19)33)17-5-3-6-18(14-17)35-2/h3-10,13-14H,11-12,15H2,1-2H3,(H,29,32). The molecule has 3 aromatic carbocycles. The van der Waals surface area contributed by atoms with Gasteiger partial charge in [0.05, 0.1) is 30.3 Å². The normalized spacial score (nSPS) is 11.0. The number of ether oxygens (including phenoxy) is 2. The van der Waals surface area contributed by atoms with E-state index in [2.05, 4.69) is 5.32 Å². The summed E-state index contributed by atoms with van der Waals surface area (Å²) in [6.45, 7) is 0.727. The number of carbonyl (C=O) groups is 1. The molecule has 4 aromatic rings. The Bertz CT molecular complexity index is 1460. The molecule has 1 heterocycles. The highest BCUT2D eigenvalue weighted by molar-refractivity contribution is 7.98. The molecule has 186 valence electrons. The summed E-state index contributed by atoms with van der Waals surface area (Å²) in [6.07, 6.45) is 0. The second kappa shape index (κ2) is 11.6.